The highest BCUT2D eigenvalue weighted by Crippen LogP contribution is 2.29. The summed E-state index contributed by atoms with van der Waals surface area (Å²) in [5.74, 6) is 0.743. The zero-order valence-electron chi connectivity index (χ0n) is 11.6. The molecule has 0 aromatic carbocycles. The van der Waals surface area contributed by atoms with Gasteiger partial charge in [0.05, 0.1) is 11.8 Å². The molecule has 0 aliphatic carbocycles. The molecule has 0 amide bonds. The Bertz CT molecular complexity index is 732. The van der Waals surface area contributed by atoms with E-state index in [0.29, 0.717) is 22.2 Å². The van der Waals surface area contributed by atoms with Crippen molar-refractivity contribution >= 4 is 26.1 Å². The molecule has 2 unspecified atom stereocenters. The van der Waals surface area contributed by atoms with Gasteiger partial charge in [-0.1, -0.05) is 11.3 Å². The third-order valence-electron chi connectivity index (χ3n) is 3.37. The van der Waals surface area contributed by atoms with Gasteiger partial charge < -0.3 is 10.5 Å². The molecule has 10 heteroatoms. The van der Waals surface area contributed by atoms with Crippen molar-refractivity contribution in [3.63, 3.8) is 0 Å². The van der Waals surface area contributed by atoms with Gasteiger partial charge in [0, 0.05) is 12.9 Å². The van der Waals surface area contributed by atoms with Crippen LogP contribution >= 0.6 is 11.3 Å². The van der Waals surface area contributed by atoms with Gasteiger partial charge in [0.1, 0.15) is 20.9 Å². The lowest BCUT2D eigenvalue weighted by Crippen LogP contribution is -2.16. The van der Waals surface area contributed by atoms with Crippen molar-refractivity contribution in [2.75, 3.05) is 18.6 Å². The zero-order valence-corrected chi connectivity index (χ0v) is 13.2. The third-order valence-corrected chi connectivity index (χ3v) is 5.37. The minimum Gasteiger partial charge on any atom is -0.370 e. The summed E-state index contributed by atoms with van der Waals surface area (Å²) in [4.78, 5) is 0.658. The third kappa shape index (κ3) is 3.23. The number of hydrogen-bond acceptors (Lipinski definition) is 8. The quantitative estimate of drug-likeness (QED) is 0.847. The van der Waals surface area contributed by atoms with E-state index in [2.05, 4.69) is 15.3 Å². The van der Waals surface area contributed by atoms with Crippen LogP contribution in [0, 0.1) is 0 Å². The van der Waals surface area contributed by atoms with E-state index in [4.69, 9.17) is 10.5 Å². The molecule has 21 heavy (non-hydrogen) atoms. The van der Waals surface area contributed by atoms with Gasteiger partial charge >= 0.3 is 0 Å². The van der Waals surface area contributed by atoms with Crippen LogP contribution < -0.4 is 5.73 Å². The van der Waals surface area contributed by atoms with Gasteiger partial charge in [-0.3, -0.25) is 0 Å². The number of aromatic nitrogens is 4. The van der Waals surface area contributed by atoms with E-state index in [-0.39, 0.29) is 11.9 Å². The van der Waals surface area contributed by atoms with E-state index in [1.54, 1.807) is 4.52 Å². The SMILES string of the molecule is CS(=O)(=O)CCC(N)c1nn2c(C3CCCO3)nnc2s1. The molecule has 0 saturated carbocycles. The van der Waals surface area contributed by atoms with E-state index < -0.39 is 15.9 Å². The fourth-order valence-corrected chi connectivity index (χ4v) is 3.81. The summed E-state index contributed by atoms with van der Waals surface area (Å²) >= 11 is 1.34. The second-order valence-electron chi connectivity index (χ2n) is 5.22. The fourth-order valence-electron chi connectivity index (χ4n) is 2.24. The van der Waals surface area contributed by atoms with E-state index in [1.807, 2.05) is 0 Å². The van der Waals surface area contributed by atoms with Crippen LogP contribution in [0.4, 0.5) is 0 Å². The minimum atomic E-state index is -3.02. The number of sulfone groups is 1. The van der Waals surface area contributed by atoms with Gasteiger partial charge in [0.25, 0.3) is 0 Å². The molecule has 2 N–H and O–H groups in total. The molecule has 3 rings (SSSR count). The summed E-state index contributed by atoms with van der Waals surface area (Å²) in [5.41, 5.74) is 6.02. The normalized spacial score (nSPS) is 21.1. The predicted octanol–water partition coefficient (Wildman–Crippen LogP) is 0.472. The van der Waals surface area contributed by atoms with Crippen molar-refractivity contribution in [3.05, 3.63) is 10.8 Å². The number of fused-ring (bicyclic) bond motifs is 1. The molecule has 2 atom stereocenters. The monoisotopic (exact) mass is 331 g/mol. The van der Waals surface area contributed by atoms with E-state index in [1.165, 1.54) is 17.6 Å². The molecule has 1 aliphatic rings. The number of rotatable bonds is 5. The van der Waals surface area contributed by atoms with Crippen LogP contribution in [0.3, 0.4) is 0 Å². The van der Waals surface area contributed by atoms with Crippen molar-refractivity contribution in [1.82, 2.24) is 19.8 Å². The molecule has 8 nitrogen and oxygen atoms in total. The second kappa shape index (κ2) is 5.59. The van der Waals surface area contributed by atoms with Crippen LogP contribution in [-0.4, -0.2) is 46.8 Å². The van der Waals surface area contributed by atoms with Gasteiger partial charge in [-0.25, -0.2) is 8.42 Å². The molecule has 1 fully saturated rings. The van der Waals surface area contributed by atoms with Gasteiger partial charge in [0.2, 0.25) is 4.96 Å². The Morgan fingerprint density at radius 3 is 3.00 bits per heavy atom. The summed E-state index contributed by atoms with van der Waals surface area (Å²) in [5, 5.41) is 13.3. The summed E-state index contributed by atoms with van der Waals surface area (Å²) in [7, 11) is -3.02. The fraction of sp³-hybridized carbons (Fsp3) is 0.727. The Balaban J connectivity index is 1.80. The summed E-state index contributed by atoms with van der Waals surface area (Å²) in [6, 6.07) is -0.413. The Hall–Kier alpha value is -1.10. The Labute approximate surface area is 126 Å². The van der Waals surface area contributed by atoms with Crippen LogP contribution in [0.1, 0.15) is 42.2 Å². The molecule has 2 aromatic rings. The molecular formula is C11H17N5O3S2. The summed E-state index contributed by atoms with van der Waals surface area (Å²) < 4.78 is 29.7. The average molecular weight is 331 g/mol. The maximum absolute atomic E-state index is 11.2. The maximum Gasteiger partial charge on any atom is 0.234 e. The van der Waals surface area contributed by atoms with E-state index in [0.717, 1.165) is 19.4 Å². The molecule has 1 saturated heterocycles. The topological polar surface area (TPSA) is 112 Å². The van der Waals surface area contributed by atoms with E-state index >= 15 is 0 Å². The van der Waals surface area contributed by atoms with Gasteiger partial charge in [-0.2, -0.15) is 9.61 Å². The largest absolute Gasteiger partial charge is 0.370 e. The van der Waals surface area contributed by atoms with Crippen molar-refractivity contribution < 1.29 is 13.2 Å². The molecule has 0 bridgehead atoms. The Kier molecular flexibility index (Phi) is 3.95. The van der Waals surface area contributed by atoms with Crippen LogP contribution in [0.5, 0.6) is 0 Å². The Morgan fingerprint density at radius 1 is 1.52 bits per heavy atom. The lowest BCUT2D eigenvalue weighted by atomic mass is 10.2. The first kappa shape index (κ1) is 14.8. The number of nitrogens with two attached hydrogens (primary N) is 1. The smallest absolute Gasteiger partial charge is 0.234 e. The van der Waals surface area contributed by atoms with Crippen molar-refractivity contribution in [3.8, 4) is 0 Å². The molecule has 2 aromatic heterocycles. The van der Waals surface area contributed by atoms with Crippen molar-refractivity contribution in [2.24, 2.45) is 5.73 Å². The number of nitrogens with zero attached hydrogens (tertiary/aromatic N) is 4. The first-order valence-electron chi connectivity index (χ1n) is 6.71. The Morgan fingerprint density at radius 2 is 2.33 bits per heavy atom. The highest BCUT2D eigenvalue weighted by atomic mass is 32.2. The van der Waals surface area contributed by atoms with Gasteiger partial charge in [-0.05, 0) is 19.3 Å². The first-order chi connectivity index (χ1) is 9.94. The van der Waals surface area contributed by atoms with E-state index in [9.17, 15) is 8.42 Å². The molecule has 0 spiro atoms. The standard InChI is InChI=1S/C11H17N5O3S2/c1-21(17,18)6-4-7(12)10-15-16-9(8-3-2-5-19-8)13-14-11(16)20-10/h7-8H,2-6,12H2,1H3. The molecular weight excluding hydrogens is 314 g/mol. The highest BCUT2D eigenvalue weighted by Gasteiger charge is 2.25. The predicted molar refractivity (Wildman–Crippen MR) is 77.8 cm³/mol. The van der Waals surface area contributed by atoms with Gasteiger partial charge in [-0.15, -0.1) is 10.2 Å². The van der Waals surface area contributed by atoms with Crippen LogP contribution in [0.2, 0.25) is 0 Å². The number of hydrogen-bond donors (Lipinski definition) is 1. The zero-order chi connectivity index (χ0) is 15.0. The lowest BCUT2D eigenvalue weighted by Gasteiger charge is -2.07. The van der Waals surface area contributed by atoms with Crippen LogP contribution in [0.25, 0.3) is 4.96 Å². The van der Waals surface area contributed by atoms with Crippen LogP contribution in [-0.2, 0) is 14.6 Å². The molecule has 3 heterocycles. The average Bonchev–Trinajstić information content (AvgIpc) is 3.09. The van der Waals surface area contributed by atoms with Crippen molar-refractivity contribution in [1.29, 1.82) is 0 Å². The minimum absolute atomic E-state index is 0.0485. The summed E-state index contributed by atoms with van der Waals surface area (Å²) in [6.07, 6.45) is 3.40. The lowest BCUT2D eigenvalue weighted by molar-refractivity contribution is 0.103. The number of ether oxygens (including phenoxy) is 1. The molecule has 116 valence electrons. The first-order valence-corrected chi connectivity index (χ1v) is 9.59. The highest BCUT2D eigenvalue weighted by molar-refractivity contribution is 7.90. The molecule has 0 radical (unpaired) electrons. The molecule has 1 aliphatic heterocycles. The van der Waals surface area contributed by atoms with Crippen LogP contribution in [0.15, 0.2) is 0 Å². The maximum atomic E-state index is 11.2. The summed E-state index contributed by atoms with van der Waals surface area (Å²) in [6.45, 7) is 0.727. The second-order valence-corrected chi connectivity index (χ2v) is 8.47. The van der Waals surface area contributed by atoms with Crippen molar-refractivity contribution in [2.45, 2.75) is 31.4 Å². The van der Waals surface area contributed by atoms with Gasteiger partial charge in [0.15, 0.2) is 5.82 Å².